The number of aryl methyl sites for hydroxylation is 1. The van der Waals surface area contributed by atoms with Gasteiger partial charge in [-0.3, -0.25) is 0 Å². The van der Waals surface area contributed by atoms with Crippen molar-refractivity contribution in [2.75, 3.05) is 7.11 Å². The second kappa shape index (κ2) is 5.75. The number of ether oxygens (including phenoxy) is 1. The first kappa shape index (κ1) is 13.4. The first-order valence-electron chi connectivity index (χ1n) is 6.94. The van der Waals surface area contributed by atoms with E-state index in [1.807, 2.05) is 12.1 Å². The molecule has 0 saturated heterocycles. The highest BCUT2D eigenvalue weighted by Crippen LogP contribution is 2.39. The van der Waals surface area contributed by atoms with E-state index in [1.165, 1.54) is 18.4 Å². The molecule has 2 rings (SSSR count). The van der Waals surface area contributed by atoms with Crippen LogP contribution < -0.4 is 4.74 Å². The van der Waals surface area contributed by atoms with Crippen molar-refractivity contribution >= 4 is 0 Å². The molecule has 1 aliphatic carbocycles. The lowest BCUT2D eigenvalue weighted by molar-refractivity contribution is 0.0734. The van der Waals surface area contributed by atoms with E-state index in [9.17, 15) is 5.11 Å². The number of hydrogen-bond donors (Lipinski definition) is 1. The van der Waals surface area contributed by atoms with Crippen LogP contribution in [0.15, 0.2) is 18.2 Å². The van der Waals surface area contributed by atoms with E-state index in [1.54, 1.807) is 7.11 Å². The van der Waals surface area contributed by atoms with Crippen molar-refractivity contribution in [3.05, 3.63) is 29.3 Å². The number of aliphatic hydroxyl groups excluding tert-OH is 1. The van der Waals surface area contributed by atoms with Gasteiger partial charge in [0.05, 0.1) is 13.2 Å². The minimum Gasteiger partial charge on any atom is -0.496 e. The molecule has 0 aromatic heterocycles. The standard InChI is InChI=1S/C16H24O2/c1-11-4-7-13(8-5-11)16(17)14-10-12(2)6-9-15(14)18-3/h6,9-11,13,16-17H,4-5,7-8H2,1-3H3. The summed E-state index contributed by atoms with van der Waals surface area (Å²) in [5.41, 5.74) is 2.13. The molecule has 1 aromatic carbocycles. The minimum atomic E-state index is -0.382. The fourth-order valence-corrected chi connectivity index (χ4v) is 2.94. The number of methoxy groups -OCH3 is 1. The average molecular weight is 248 g/mol. The minimum absolute atomic E-state index is 0.382. The van der Waals surface area contributed by atoms with E-state index >= 15 is 0 Å². The Morgan fingerprint density at radius 2 is 1.89 bits per heavy atom. The first-order chi connectivity index (χ1) is 8.61. The van der Waals surface area contributed by atoms with E-state index in [-0.39, 0.29) is 6.10 Å². The van der Waals surface area contributed by atoms with E-state index < -0.39 is 0 Å². The van der Waals surface area contributed by atoms with Crippen LogP contribution in [0.3, 0.4) is 0 Å². The molecule has 0 heterocycles. The van der Waals surface area contributed by atoms with Gasteiger partial charge in [0.2, 0.25) is 0 Å². The summed E-state index contributed by atoms with van der Waals surface area (Å²) in [6, 6.07) is 6.04. The lowest BCUT2D eigenvalue weighted by Gasteiger charge is -2.30. The summed E-state index contributed by atoms with van der Waals surface area (Å²) in [5.74, 6) is 2.01. The monoisotopic (exact) mass is 248 g/mol. The molecule has 100 valence electrons. The van der Waals surface area contributed by atoms with Crippen LogP contribution in [-0.2, 0) is 0 Å². The van der Waals surface area contributed by atoms with Crippen LogP contribution in [0.25, 0.3) is 0 Å². The average Bonchev–Trinajstić information content (AvgIpc) is 2.39. The summed E-state index contributed by atoms with van der Waals surface area (Å²) in [4.78, 5) is 0. The highest BCUT2D eigenvalue weighted by Gasteiger charge is 2.27. The zero-order valence-electron chi connectivity index (χ0n) is 11.6. The molecule has 0 radical (unpaired) electrons. The van der Waals surface area contributed by atoms with Gasteiger partial charge in [-0.1, -0.05) is 31.4 Å². The van der Waals surface area contributed by atoms with Crippen LogP contribution in [-0.4, -0.2) is 12.2 Å². The molecule has 1 aromatic rings. The lowest BCUT2D eigenvalue weighted by Crippen LogP contribution is -2.19. The topological polar surface area (TPSA) is 29.5 Å². The molecular formula is C16H24O2. The van der Waals surface area contributed by atoms with Crippen LogP contribution in [0, 0.1) is 18.8 Å². The molecule has 18 heavy (non-hydrogen) atoms. The van der Waals surface area contributed by atoms with Gasteiger partial charge in [0.25, 0.3) is 0 Å². The molecule has 1 fully saturated rings. The Kier molecular flexibility index (Phi) is 4.28. The molecule has 1 unspecified atom stereocenters. The van der Waals surface area contributed by atoms with Crippen LogP contribution in [0.5, 0.6) is 5.75 Å². The van der Waals surface area contributed by atoms with Gasteiger partial charge in [-0.15, -0.1) is 0 Å². The molecule has 0 amide bonds. The van der Waals surface area contributed by atoms with Gasteiger partial charge >= 0.3 is 0 Å². The van der Waals surface area contributed by atoms with Crippen LogP contribution >= 0.6 is 0 Å². The summed E-state index contributed by atoms with van der Waals surface area (Å²) in [6.07, 6.45) is 4.33. The molecule has 1 atom stereocenters. The van der Waals surface area contributed by atoms with E-state index in [2.05, 4.69) is 19.9 Å². The number of benzene rings is 1. The van der Waals surface area contributed by atoms with Gasteiger partial charge in [-0.2, -0.15) is 0 Å². The molecule has 1 N–H and O–H groups in total. The normalized spacial score (nSPS) is 25.8. The van der Waals surface area contributed by atoms with Crippen LogP contribution in [0.2, 0.25) is 0 Å². The Balaban J connectivity index is 2.17. The number of aliphatic hydroxyl groups is 1. The molecule has 0 bridgehead atoms. The number of hydrogen-bond acceptors (Lipinski definition) is 2. The van der Waals surface area contributed by atoms with Crippen molar-refractivity contribution in [3.8, 4) is 5.75 Å². The summed E-state index contributed by atoms with van der Waals surface area (Å²) in [5, 5.41) is 10.6. The maximum atomic E-state index is 10.6. The zero-order valence-corrected chi connectivity index (χ0v) is 11.6. The van der Waals surface area contributed by atoms with Gasteiger partial charge in [0, 0.05) is 5.56 Å². The van der Waals surface area contributed by atoms with Crippen molar-refractivity contribution in [2.24, 2.45) is 11.8 Å². The molecular weight excluding hydrogens is 224 g/mol. The Bertz CT molecular complexity index is 392. The van der Waals surface area contributed by atoms with E-state index in [0.717, 1.165) is 30.1 Å². The maximum Gasteiger partial charge on any atom is 0.124 e. The lowest BCUT2D eigenvalue weighted by atomic mass is 9.78. The fourth-order valence-electron chi connectivity index (χ4n) is 2.94. The Labute approximate surface area is 110 Å². The zero-order chi connectivity index (χ0) is 13.1. The summed E-state index contributed by atoms with van der Waals surface area (Å²) >= 11 is 0. The molecule has 0 spiro atoms. The number of rotatable bonds is 3. The Hall–Kier alpha value is -1.02. The maximum absolute atomic E-state index is 10.6. The first-order valence-corrected chi connectivity index (χ1v) is 6.94. The van der Waals surface area contributed by atoms with Crippen molar-refractivity contribution in [2.45, 2.75) is 45.6 Å². The van der Waals surface area contributed by atoms with Gasteiger partial charge < -0.3 is 9.84 Å². The van der Waals surface area contributed by atoms with Gasteiger partial charge in [-0.25, -0.2) is 0 Å². The second-order valence-electron chi connectivity index (χ2n) is 5.71. The van der Waals surface area contributed by atoms with Crippen LogP contribution in [0.1, 0.15) is 49.8 Å². The van der Waals surface area contributed by atoms with Crippen LogP contribution in [0.4, 0.5) is 0 Å². The summed E-state index contributed by atoms with van der Waals surface area (Å²) in [7, 11) is 1.67. The van der Waals surface area contributed by atoms with Gasteiger partial charge in [0.15, 0.2) is 0 Å². The third kappa shape index (κ3) is 2.86. The molecule has 2 heteroatoms. The molecule has 1 saturated carbocycles. The van der Waals surface area contributed by atoms with E-state index in [0.29, 0.717) is 5.92 Å². The van der Waals surface area contributed by atoms with E-state index in [4.69, 9.17) is 4.74 Å². The highest BCUT2D eigenvalue weighted by atomic mass is 16.5. The highest BCUT2D eigenvalue weighted by molar-refractivity contribution is 5.38. The third-order valence-electron chi connectivity index (χ3n) is 4.21. The SMILES string of the molecule is COc1ccc(C)cc1C(O)C1CCC(C)CC1. The smallest absolute Gasteiger partial charge is 0.124 e. The Morgan fingerprint density at radius 3 is 2.50 bits per heavy atom. The quantitative estimate of drug-likeness (QED) is 0.880. The van der Waals surface area contributed by atoms with Gasteiger partial charge in [0.1, 0.15) is 5.75 Å². The van der Waals surface area contributed by atoms with Crippen molar-refractivity contribution < 1.29 is 9.84 Å². The van der Waals surface area contributed by atoms with Crippen molar-refractivity contribution in [1.29, 1.82) is 0 Å². The third-order valence-corrected chi connectivity index (χ3v) is 4.21. The second-order valence-corrected chi connectivity index (χ2v) is 5.71. The Morgan fingerprint density at radius 1 is 1.22 bits per heavy atom. The molecule has 1 aliphatic rings. The largest absolute Gasteiger partial charge is 0.496 e. The summed E-state index contributed by atoms with van der Waals surface area (Å²) < 4.78 is 5.37. The predicted octanol–water partition coefficient (Wildman–Crippen LogP) is 3.86. The van der Waals surface area contributed by atoms with Crippen molar-refractivity contribution in [3.63, 3.8) is 0 Å². The van der Waals surface area contributed by atoms with Gasteiger partial charge in [-0.05, 0) is 43.7 Å². The molecule has 2 nitrogen and oxygen atoms in total. The van der Waals surface area contributed by atoms with Crippen molar-refractivity contribution in [1.82, 2.24) is 0 Å². The predicted molar refractivity (Wildman–Crippen MR) is 73.8 cm³/mol. The fraction of sp³-hybridized carbons (Fsp3) is 0.625. The molecule has 0 aliphatic heterocycles. The summed E-state index contributed by atoms with van der Waals surface area (Å²) in [6.45, 7) is 4.36.